The molecule has 1 N–H and O–H groups in total. The molecule has 0 aromatic heterocycles. The van der Waals surface area contributed by atoms with E-state index in [4.69, 9.17) is 0 Å². The molecular weight excluding hydrogens is 474 g/mol. The van der Waals surface area contributed by atoms with E-state index in [1.165, 1.54) is 5.56 Å². The van der Waals surface area contributed by atoms with E-state index >= 15 is 0 Å². The van der Waals surface area contributed by atoms with Gasteiger partial charge in [-0.05, 0) is 37.3 Å². The minimum absolute atomic E-state index is 0.0671. The number of rotatable bonds is 3. The van der Waals surface area contributed by atoms with Gasteiger partial charge in [-0.15, -0.1) is 0 Å². The Morgan fingerprint density at radius 2 is 1.82 bits per heavy atom. The van der Waals surface area contributed by atoms with Gasteiger partial charge in [-0.25, -0.2) is 0 Å². The van der Waals surface area contributed by atoms with Crippen molar-refractivity contribution in [2.45, 2.75) is 42.2 Å². The van der Waals surface area contributed by atoms with Gasteiger partial charge in [0, 0.05) is 15.9 Å². The van der Waals surface area contributed by atoms with Crippen LogP contribution in [-0.2, 0) is 4.79 Å². The molecule has 3 aliphatic carbocycles. The number of alkyl halides is 3. The third kappa shape index (κ3) is 1.85. The summed E-state index contributed by atoms with van der Waals surface area (Å²) in [4.78, 5) is 13.3. The SMILES string of the molecule is Cc1ccc(NC(=O)[C@]23CC[C@@](C(Br)Br)([C@@H]2Br)C3(C)C)cc1. The Morgan fingerprint density at radius 1 is 1.23 bits per heavy atom. The first-order chi connectivity index (χ1) is 10.2. The number of carbonyl (C=O) groups is 1. The van der Waals surface area contributed by atoms with Gasteiger partial charge in [0.1, 0.15) is 0 Å². The van der Waals surface area contributed by atoms with Crippen molar-refractivity contribution < 1.29 is 4.79 Å². The summed E-state index contributed by atoms with van der Waals surface area (Å²) < 4.78 is 0.203. The third-order valence-corrected chi connectivity index (χ3v) is 9.43. The van der Waals surface area contributed by atoms with E-state index in [1.807, 2.05) is 31.2 Å². The number of carbonyl (C=O) groups excluding carboxylic acids is 1. The Morgan fingerprint density at radius 3 is 2.27 bits per heavy atom. The lowest BCUT2D eigenvalue weighted by Gasteiger charge is -2.66. The van der Waals surface area contributed by atoms with Crippen molar-refractivity contribution in [1.82, 2.24) is 0 Å². The maximum atomic E-state index is 13.1. The Bertz CT molecular complexity index is 613. The van der Waals surface area contributed by atoms with Gasteiger partial charge in [-0.1, -0.05) is 79.3 Å². The van der Waals surface area contributed by atoms with Crippen LogP contribution in [0.2, 0.25) is 0 Å². The molecule has 5 heteroatoms. The van der Waals surface area contributed by atoms with Crippen LogP contribution in [0.15, 0.2) is 24.3 Å². The third-order valence-electron chi connectivity index (χ3n) is 6.20. The second-order valence-corrected chi connectivity index (χ2v) is 11.1. The molecule has 120 valence electrons. The molecule has 1 amide bonds. The van der Waals surface area contributed by atoms with Crippen LogP contribution < -0.4 is 5.32 Å². The van der Waals surface area contributed by atoms with Gasteiger partial charge in [0.25, 0.3) is 0 Å². The van der Waals surface area contributed by atoms with E-state index in [0.717, 1.165) is 18.5 Å². The lowest BCUT2D eigenvalue weighted by molar-refractivity contribution is -0.155. The largest absolute Gasteiger partial charge is 0.326 e. The number of anilines is 1. The molecule has 3 atom stereocenters. The summed E-state index contributed by atoms with van der Waals surface area (Å²) in [5.74, 6) is 0.136. The minimum Gasteiger partial charge on any atom is -0.326 e. The molecule has 3 aliphatic rings. The highest BCUT2D eigenvalue weighted by atomic mass is 79.9. The molecular formula is C17H20Br3NO. The average molecular weight is 494 g/mol. The number of fused-ring (bicyclic) bond motifs is 1. The Labute approximate surface area is 157 Å². The van der Waals surface area contributed by atoms with Gasteiger partial charge in [-0.3, -0.25) is 4.79 Å². The molecule has 3 fully saturated rings. The predicted molar refractivity (Wildman–Crippen MR) is 102 cm³/mol. The van der Waals surface area contributed by atoms with Crippen LogP contribution in [-0.4, -0.2) is 14.5 Å². The first kappa shape index (κ1) is 17.0. The molecule has 0 unspecified atom stereocenters. The minimum atomic E-state index is -0.350. The van der Waals surface area contributed by atoms with Crippen LogP contribution >= 0.6 is 47.8 Å². The number of amides is 1. The molecule has 0 saturated heterocycles. The normalized spacial score (nSPS) is 35.3. The smallest absolute Gasteiger partial charge is 0.232 e. The molecule has 3 saturated carbocycles. The number of nitrogens with one attached hydrogen (secondary N) is 1. The van der Waals surface area contributed by atoms with Crippen molar-refractivity contribution in [2.75, 3.05) is 5.32 Å². The van der Waals surface area contributed by atoms with E-state index in [0.29, 0.717) is 0 Å². The highest BCUT2D eigenvalue weighted by Crippen LogP contribution is 2.82. The zero-order chi connectivity index (χ0) is 16.3. The van der Waals surface area contributed by atoms with Crippen LogP contribution in [0.1, 0.15) is 32.3 Å². The fourth-order valence-electron chi connectivity index (χ4n) is 4.58. The summed E-state index contributed by atoms with van der Waals surface area (Å²) >= 11 is 11.3. The van der Waals surface area contributed by atoms with E-state index < -0.39 is 0 Å². The first-order valence-electron chi connectivity index (χ1n) is 7.50. The fraction of sp³-hybridized carbons (Fsp3) is 0.588. The van der Waals surface area contributed by atoms with Crippen molar-refractivity contribution in [2.24, 2.45) is 16.2 Å². The van der Waals surface area contributed by atoms with Gasteiger partial charge in [0.2, 0.25) is 5.91 Å². The van der Waals surface area contributed by atoms with Crippen LogP contribution in [0.4, 0.5) is 5.69 Å². The van der Waals surface area contributed by atoms with E-state index in [9.17, 15) is 4.79 Å². The van der Waals surface area contributed by atoms with Crippen LogP contribution in [0.3, 0.4) is 0 Å². The summed E-state index contributed by atoms with van der Waals surface area (Å²) in [7, 11) is 0. The maximum absolute atomic E-state index is 13.1. The van der Waals surface area contributed by atoms with Crippen molar-refractivity contribution in [3.8, 4) is 0 Å². The predicted octanol–water partition coefficient (Wildman–Crippen LogP) is 5.62. The Balaban J connectivity index is 1.89. The lowest BCUT2D eigenvalue weighted by Crippen LogP contribution is -2.71. The van der Waals surface area contributed by atoms with Gasteiger partial charge in [0.15, 0.2) is 0 Å². The second kappa shape index (κ2) is 5.32. The molecule has 1 aromatic carbocycles. The number of halogens is 3. The van der Waals surface area contributed by atoms with Crippen LogP contribution in [0.25, 0.3) is 0 Å². The van der Waals surface area contributed by atoms with Crippen LogP contribution in [0.5, 0.6) is 0 Å². The lowest BCUT2D eigenvalue weighted by atomic mass is 9.43. The highest BCUT2D eigenvalue weighted by Gasteiger charge is 2.83. The van der Waals surface area contributed by atoms with Crippen LogP contribution in [0, 0.1) is 23.2 Å². The number of hydrogen-bond donors (Lipinski definition) is 1. The zero-order valence-electron chi connectivity index (χ0n) is 12.9. The fourth-order valence-corrected chi connectivity index (χ4v) is 9.49. The standard InChI is InChI=1S/C17H20Br3NO/c1-10-4-6-11(7-5-10)21-14(22)17-9-8-16(12(17)18,13(19)20)15(17,2)3/h4-7,12-13H,8-9H2,1-3H3,(H,21,22)/t12-,16-,17-/m0/s1. The van der Waals surface area contributed by atoms with Gasteiger partial charge < -0.3 is 5.32 Å². The van der Waals surface area contributed by atoms with Gasteiger partial charge in [-0.2, -0.15) is 0 Å². The molecule has 22 heavy (non-hydrogen) atoms. The molecule has 2 bridgehead atoms. The number of hydrogen-bond acceptors (Lipinski definition) is 1. The molecule has 1 aromatic rings. The summed E-state index contributed by atoms with van der Waals surface area (Å²) in [6.45, 7) is 6.50. The molecule has 4 rings (SSSR count). The van der Waals surface area contributed by atoms with E-state index in [1.54, 1.807) is 0 Å². The van der Waals surface area contributed by atoms with E-state index in [2.05, 4.69) is 67.0 Å². The molecule has 0 heterocycles. The van der Waals surface area contributed by atoms with Crippen molar-refractivity contribution in [3.63, 3.8) is 0 Å². The number of benzene rings is 1. The zero-order valence-corrected chi connectivity index (χ0v) is 17.7. The van der Waals surface area contributed by atoms with Crippen molar-refractivity contribution in [1.29, 1.82) is 0 Å². The monoisotopic (exact) mass is 491 g/mol. The van der Waals surface area contributed by atoms with E-state index in [-0.39, 0.29) is 30.7 Å². The van der Waals surface area contributed by atoms with Crippen molar-refractivity contribution in [3.05, 3.63) is 29.8 Å². The summed E-state index contributed by atoms with van der Waals surface area (Å²) in [6.07, 6.45) is 1.96. The van der Waals surface area contributed by atoms with Gasteiger partial charge in [0.05, 0.1) is 9.15 Å². The molecule has 2 nitrogen and oxygen atoms in total. The Hall–Kier alpha value is 0.130. The molecule has 0 aliphatic heterocycles. The topological polar surface area (TPSA) is 29.1 Å². The molecule has 0 radical (unpaired) electrons. The Kier molecular flexibility index (Phi) is 4.10. The average Bonchev–Trinajstić information content (AvgIpc) is 2.91. The molecule has 0 spiro atoms. The summed E-state index contributed by atoms with van der Waals surface area (Å²) in [6, 6.07) is 7.99. The summed E-state index contributed by atoms with van der Waals surface area (Å²) in [5.41, 5.74) is 1.72. The maximum Gasteiger partial charge on any atom is 0.232 e. The van der Waals surface area contributed by atoms with Gasteiger partial charge >= 0.3 is 0 Å². The number of aryl methyl sites for hydroxylation is 1. The highest BCUT2D eigenvalue weighted by molar-refractivity contribution is 9.24. The second-order valence-electron chi connectivity index (χ2n) is 7.12. The van der Waals surface area contributed by atoms with Crippen molar-refractivity contribution >= 4 is 59.4 Å². The quantitative estimate of drug-likeness (QED) is 0.544. The first-order valence-corrected chi connectivity index (χ1v) is 10.3. The summed E-state index contributed by atoms with van der Waals surface area (Å²) in [5, 5.41) is 3.13.